The molecule has 0 N–H and O–H groups in total. The molecule has 0 aliphatic heterocycles. The fourth-order valence-corrected chi connectivity index (χ4v) is 1.81. The fraction of sp³-hybridized carbons (Fsp3) is 0.333. The maximum atomic E-state index is 12.1. The van der Waals surface area contributed by atoms with Gasteiger partial charge >= 0.3 is 0 Å². The van der Waals surface area contributed by atoms with Gasteiger partial charge in [0, 0.05) is 5.33 Å². The first-order valence-electron chi connectivity index (χ1n) is 5.41. The van der Waals surface area contributed by atoms with E-state index in [9.17, 15) is 4.79 Å². The first-order chi connectivity index (χ1) is 8.33. The number of aromatic nitrogens is 2. The molecule has 2 aromatic rings. The average molecular weight is 297 g/mol. The molecule has 0 atom stereocenters. The second-order valence-electron chi connectivity index (χ2n) is 3.56. The van der Waals surface area contributed by atoms with Crippen LogP contribution in [0.25, 0.3) is 10.9 Å². The predicted octanol–water partition coefficient (Wildman–Crippen LogP) is 1.81. The molecule has 0 bridgehead atoms. The molecule has 1 aromatic heterocycles. The molecule has 0 saturated heterocycles. The Labute approximate surface area is 107 Å². The van der Waals surface area contributed by atoms with Crippen LogP contribution in [0.3, 0.4) is 0 Å². The van der Waals surface area contributed by atoms with Crippen molar-refractivity contribution in [2.24, 2.45) is 0 Å². The van der Waals surface area contributed by atoms with Crippen LogP contribution in [0.2, 0.25) is 0 Å². The van der Waals surface area contributed by atoms with E-state index in [2.05, 4.69) is 20.9 Å². The maximum absolute atomic E-state index is 12.1. The summed E-state index contributed by atoms with van der Waals surface area (Å²) >= 11 is 3.28. The largest absolute Gasteiger partial charge is 0.379 e. The number of para-hydroxylation sites is 1. The van der Waals surface area contributed by atoms with Crippen LogP contribution in [0, 0.1) is 0 Å². The van der Waals surface area contributed by atoms with Crippen LogP contribution in [0.15, 0.2) is 35.4 Å². The molecule has 0 fully saturated rings. The van der Waals surface area contributed by atoms with Crippen LogP contribution in [0.4, 0.5) is 0 Å². The van der Waals surface area contributed by atoms with Gasteiger partial charge in [-0.2, -0.15) is 0 Å². The molecule has 0 amide bonds. The van der Waals surface area contributed by atoms with E-state index in [1.54, 1.807) is 17.0 Å². The van der Waals surface area contributed by atoms with E-state index >= 15 is 0 Å². The summed E-state index contributed by atoms with van der Waals surface area (Å²) in [5.74, 6) is 0. The van der Waals surface area contributed by atoms with Crippen LogP contribution in [0.5, 0.6) is 0 Å². The fourth-order valence-electron chi connectivity index (χ4n) is 1.58. The van der Waals surface area contributed by atoms with E-state index in [0.29, 0.717) is 25.1 Å². The minimum atomic E-state index is -0.0157. The smallest absolute Gasteiger partial charge is 0.261 e. The van der Waals surface area contributed by atoms with E-state index in [1.807, 2.05) is 18.2 Å². The van der Waals surface area contributed by atoms with Crippen molar-refractivity contribution in [1.29, 1.82) is 0 Å². The highest BCUT2D eigenvalue weighted by Crippen LogP contribution is 2.04. The van der Waals surface area contributed by atoms with E-state index < -0.39 is 0 Å². The van der Waals surface area contributed by atoms with Crippen molar-refractivity contribution in [3.63, 3.8) is 0 Å². The second kappa shape index (κ2) is 5.93. The first kappa shape index (κ1) is 12.3. The van der Waals surface area contributed by atoms with Gasteiger partial charge in [0.1, 0.15) is 0 Å². The van der Waals surface area contributed by atoms with Gasteiger partial charge in [-0.15, -0.1) is 0 Å². The third-order valence-electron chi connectivity index (χ3n) is 2.43. The van der Waals surface area contributed by atoms with Gasteiger partial charge in [0.05, 0.1) is 37.0 Å². The molecular formula is C12H13BrN2O2. The van der Waals surface area contributed by atoms with Gasteiger partial charge in [0.2, 0.25) is 0 Å². The Morgan fingerprint density at radius 3 is 2.94 bits per heavy atom. The number of nitrogens with zero attached hydrogens (tertiary/aromatic N) is 2. The number of hydrogen-bond acceptors (Lipinski definition) is 3. The topological polar surface area (TPSA) is 44.1 Å². The Bertz CT molecular complexity index is 553. The van der Waals surface area contributed by atoms with Crippen molar-refractivity contribution in [3.8, 4) is 0 Å². The average Bonchev–Trinajstić information content (AvgIpc) is 2.37. The molecule has 2 rings (SSSR count). The van der Waals surface area contributed by atoms with Gasteiger partial charge in [-0.1, -0.05) is 28.1 Å². The van der Waals surface area contributed by atoms with Crippen molar-refractivity contribution in [2.75, 3.05) is 18.5 Å². The minimum Gasteiger partial charge on any atom is -0.379 e. The summed E-state index contributed by atoms with van der Waals surface area (Å²) in [6, 6.07) is 7.35. The van der Waals surface area contributed by atoms with Crippen molar-refractivity contribution < 1.29 is 4.74 Å². The summed E-state index contributed by atoms with van der Waals surface area (Å²) < 4.78 is 6.90. The molecule has 4 nitrogen and oxygen atoms in total. The highest BCUT2D eigenvalue weighted by molar-refractivity contribution is 9.09. The van der Waals surface area contributed by atoms with E-state index in [4.69, 9.17) is 4.74 Å². The van der Waals surface area contributed by atoms with Gasteiger partial charge in [0.15, 0.2) is 0 Å². The van der Waals surface area contributed by atoms with Crippen molar-refractivity contribution in [1.82, 2.24) is 9.55 Å². The summed E-state index contributed by atoms with van der Waals surface area (Å²) in [7, 11) is 0. The molecule has 90 valence electrons. The minimum absolute atomic E-state index is 0.0157. The molecule has 5 heteroatoms. The number of hydrogen-bond donors (Lipinski definition) is 0. The van der Waals surface area contributed by atoms with Crippen molar-refractivity contribution in [2.45, 2.75) is 6.54 Å². The summed E-state index contributed by atoms with van der Waals surface area (Å²) in [5.41, 5.74) is 0.716. The number of rotatable bonds is 5. The quantitative estimate of drug-likeness (QED) is 0.624. The Morgan fingerprint density at radius 1 is 1.29 bits per heavy atom. The molecule has 0 aliphatic rings. The highest BCUT2D eigenvalue weighted by Gasteiger charge is 2.02. The Balaban J connectivity index is 2.18. The van der Waals surface area contributed by atoms with Crippen LogP contribution >= 0.6 is 15.9 Å². The van der Waals surface area contributed by atoms with E-state index in [-0.39, 0.29) is 5.56 Å². The SMILES string of the molecule is O=c1c2ccccc2ncn1CCOCCBr. The number of alkyl halides is 1. The second-order valence-corrected chi connectivity index (χ2v) is 4.35. The lowest BCUT2D eigenvalue weighted by atomic mass is 10.2. The third-order valence-corrected chi connectivity index (χ3v) is 2.75. The van der Waals surface area contributed by atoms with Crippen LogP contribution in [0.1, 0.15) is 0 Å². The summed E-state index contributed by atoms with van der Waals surface area (Å²) in [4.78, 5) is 16.3. The van der Waals surface area contributed by atoms with Crippen LogP contribution < -0.4 is 5.56 Å². The van der Waals surface area contributed by atoms with E-state index in [1.165, 1.54) is 0 Å². The molecule has 0 unspecified atom stereocenters. The molecule has 0 spiro atoms. The van der Waals surface area contributed by atoms with Crippen LogP contribution in [-0.2, 0) is 11.3 Å². The zero-order chi connectivity index (χ0) is 12.1. The summed E-state index contributed by atoms with van der Waals surface area (Å²) in [6.45, 7) is 1.70. The predicted molar refractivity (Wildman–Crippen MR) is 70.6 cm³/mol. The zero-order valence-electron chi connectivity index (χ0n) is 9.30. The summed E-state index contributed by atoms with van der Waals surface area (Å²) in [5, 5.41) is 1.45. The molecule has 0 radical (unpaired) electrons. The monoisotopic (exact) mass is 296 g/mol. The van der Waals surface area contributed by atoms with Crippen molar-refractivity contribution >= 4 is 26.8 Å². The van der Waals surface area contributed by atoms with Crippen molar-refractivity contribution in [3.05, 3.63) is 40.9 Å². The molecule has 0 saturated carbocycles. The van der Waals surface area contributed by atoms with Crippen LogP contribution in [-0.4, -0.2) is 28.1 Å². The lowest BCUT2D eigenvalue weighted by Crippen LogP contribution is -2.23. The molecule has 17 heavy (non-hydrogen) atoms. The highest BCUT2D eigenvalue weighted by atomic mass is 79.9. The molecule has 0 aliphatic carbocycles. The zero-order valence-corrected chi connectivity index (χ0v) is 10.9. The molecular weight excluding hydrogens is 284 g/mol. The normalized spacial score (nSPS) is 10.9. The Morgan fingerprint density at radius 2 is 2.12 bits per heavy atom. The summed E-state index contributed by atoms with van der Waals surface area (Å²) in [6.07, 6.45) is 1.57. The first-order valence-corrected chi connectivity index (χ1v) is 6.53. The molecule has 1 heterocycles. The number of halogens is 1. The maximum Gasteiger partial charge on any atom is 0.261 e. The lowest BCUT2D eigenvalue weighted by Gasteiger charge is -2.06. The van der Waals surface area contributed by atoms with Gasteiger partial charge in [-0.25, -0.2) is 4.98 Å². The van der Waals surface area contributed by atoms with Gasteiger partial charge < -0.3 is 4.74 Å². The van der Waals surface area contributed by atoms with Gasteiger partial charge in [-0.05, 0) is 12.1 Å². The molecule has 1 aromatic carbocycles. The number of ether oxygens (including phenoxy) is 1. The number of fused-ring (bicyclic) bond motifs is 1. The third kappa shape index (κ3) is 2.92. The standard InChI is InChI=1S/C12H13BrN2O2/c13-5-7-17-8-6-15-9-14-11-4-2-1-3-10(11)12(15)16/h1-4,9H,5-8H2. The Hall–Kier alpha value is -1.20. The Kier molecular flexibility index (Phi) is 4.28. The number of benzene rings is 1. The van der Waals surface area contributed by atoms with Gasteiger partial charge in [0.25, 0.3) is 5.56 Å². The lowest BCUT2D eigenvalue weighted by molar-refractivity contribution is 0.141. The van der Waals surface area contributed by atoms with Gasteiger partial charge in [-0.3, -0.25) is 9.36 Å². The van der Waals surface area contributed by atoms with E-state index in [0.717, 1.165) is 10.8 Å².